The number of carbonyl (C=O) groups is 1. The standard InChI is InChI=1S/C23H23NO4/c1-3-14-27-21-12-8-19(9-13-21)23(25)24(17-22-5-4-15-28-22)16-18-6-10-20(26-2)11-7-18/h3-13,15H,1,14,16-17H2,2H3. The molecule has 5 nitrogen and oxygen atoms in total. The molecular formula is C23H23NO4. The molecule has 0 N–H and O–H groups in total. The number of amides is 1. The summed E-state index contributed by atoms with van der Waals surface area (Å²) in [4.78, 5) is 14.9. The van der Waals surface area contributed by atoms with Gasteiger partial charge in [-0.25, -0.2) is 0 Å². The van der Waals surface area contributed by atoms with Crippen LogP contribution >= 0.6 is 0 Å². The van der Waals surface area contributed by atoms with Crippen LogP contribution < -0.4 is 9.47 Å². The van der Waals surface area contributed by atoms with E-state index in [0.717, 1.165) is 17.1 Å². The lowest BCUT2D eigenvalue weighted by Crippen LogP contribution is -2.30. The molecule has 28 heavy (non-hydrogen) atoms. The third kappa shape index (κ3) is 5.04. The lowest BCUT2D eigenvalue weighted by atomic mass is 10.1. The molecule has 3 aromatic rings. The number of methoxy groups -OCH3 is 1. The molecule has 0 atom stereocenters. The first-order valence-corrected chi connectivity index (χ1v) is 8.98. The topological polar surface area (TPSA) is 51.9 Å². The van der Waals surface area contributed by atoms with Crippen molar-refractivity contribution in [2.45, 2.75) is 13.1 Å². The molecule has 0 aliphatic rings. The van der Waals surface area contributed by atoms with Gasteiger partial charge in [-0.05, 0) is 54.1 Å². The van der Waals surface area contributed by atoms with Gasteiger partial charge in [0.15, 0.2) is 0 Å². The minimum atomic E-state index is -0.0810. The molecule has 0 radical (unpaired) electrons. The second kappa shape index (κ2) is 9.46. The molecule has 0 aliphatic carbocycles. The second-order valence-corrected chi connectivity index (χ2v) is 6.21. The summed E-state index contributed by atoms with van der Waals surface area (Å²) in [5.74, 6) is 2.13. The van der Waals surface area contributed by atoms with Gasteiger partial charge in [0.25, 0.3) is 5.91 Å². The van der Waals surface area contributed by atoms with E-state index in [2.05, 4.69) is 6.58 Å². The summed E-state index contributed by atoms with van der Waals surface area (Å²) in [5, 5.41) is 0. The molecule has 0 saturated heterocycles. The highest BCUT2D eigenvalue weighted by atomic mass is 16.5. The lowest BCUT2D eigenvalue weighted by molar-refractivity contribution is 0.0717. The highest BCUT2D eigenvalue weighted by Gasteiger charge is 2.18. The first-order valence-electron chi connectivity index (χ1n) is 8.98. The van der Waals surface area contributed by atoms with Gasteiger partial charge in [0.1, 0.15) is 23.9 Å². The maximum atomic E-state index is 13.1. The molecule has 1 amide bonds. The Kier molecular flexibility index (Phi) is 6.52. The fourth-order valence-corrected chi connectivity index (χ4v) is 2.77. The molecular weight excluding hydrogens is 354 g/mol. The van der Waals surface area contributed by atoms with Crippen LogP contribution in [0.15, 0.2) is 84.0 Å². The highest BCUT2D eigenvalue weighted by molar-refractivity contribution is 5.94. The maximum absolute atomic E-state index is 13.1. The Morgan fingerprint density at radius 1 is 1.04 bits per heavy atom. The zero-order valence-electron chi connectivity index (χ0n) is 15.8. The van der Waals surface area contributed by atoms with Crippen molar-refractivity contribution in [1.29, 1.82) is 0 Å². The van der Waals surface area contributed by atoms with Crippen molar-refractivity contribution in [1.82, 2.24) is 4.90 Å². The van der Waals surface area contributed by atoms with Gasteiger partial charge >= 0.3 is 0 Å². The van der Waals surface area contributed by atoms with E-state index >= 15 is 0 Å². The summed E-state index contributed by atoms with van der Waals surface area (Å²) in [5.41, 5.74) is 1.60. The van der Waals surface area contributed by atoms with Crippen LogP contribution in [-0.4, -0.2) is 24.5 Å². The number of hydrogen-bond donors (Lipinski definition) is 0. The largest absolute Gasteiger partial charge is 0.497 e. The predicted octanol–water partition coefficient (Wildman–Crippen LogP) is 4.70. The van der Waals surface area contributed by atoms with Gasteiger partial charge in [-0.1, -0.05) is 24.8 Å². The molecule has 1 heterocycles. The fraction of sp³-hybridized carbons (Fsp3) is 0.174. The van der Waals surface area contributed by atoms with Crippen molar-refractivity contribution in [3.05, 3.63) is 96.5 Å². The average Bonchev–Trinajstić information content (AvgIpc) is 3.25. The van der Waals surface area contributed by atoms with Crippen LogP contribution in [0.4, 0.5) is 0 Å². The Balaban J connectivity index is 1.78. The number of benzene rings is 2. The molecule has 0 spiro atoms. The van der Waals surface area contributed by atoms with Crippen LogP contribution in [-0.2, 0) is 13.1 Å². The summed E-state index contributed by atoms with van der Waals surface area (Å²) in [6, 6.07) is 18.5. The van der Waals surface area contributed by atoms with E-state index in [9.17, 15) is 4.79 Å². The van der Waals surface area contributed by atoms with Crippen LogP contribution in [0.5, 0.6) is 11.5 Å². The predicted molar refractivity (Wildman–Crippen MR) is 107 cm³/mol. The number of carbonyl (C=O) groups excluding carboxylic acids is 1. The molecule has 144 valence electrons. The number of rotatable bonds is 9. The summed E-state index contributed by atoms with van der Waals surface area (Å²) < 4.78 is 16.1. The zero-order valence-corrected chi connectivity index (χ0v) is 15.8. The molecule has 0 aliphatic heterocycles. The van der Waals surface area contributed by atoms with E-state index in [1.807, 2.05) is 36.4 Å². The molecule has 0 fully saturated rings. The minimum Gasteiger partial charge on any atom is -0.497 e. The first kappa shape index (κ1) is 19.3. The van der Waals surface area contributed by atoms with Gasteiger partial charge < -0.3 is 18.8 Å². The van der Waals surface area contributed by atoms with Gasteiger partial charge in [-0.2, -0.15) is 0 Å². The highest BCUT2D eigenvalue weighted by Crippen LogP contribution is 2.19. The Morgan fingerprint density at radius 2 is 1.75 bits per heavy atom. The van der Waals surface area contributed by atoms with Crippen LogP contribution in [0.1, 0.15) is 21.7 Å². The van der Waals surface area contributed by atoms with E-state index < -0.39 is 0 Å². The third-order valence-corrected chi connectivity index (χ3v) is 4.22. The normalized spacial score (nSPS) is 10.3. The zero-order chi connectivity index (χ0) is 19.8. The van der Waals surface area contributed by atoms with Crippen molar-refractivity contribution in [2.24, 2.45) is 0 Å². The Hall–Kier alpha value is -3.47. The van der Waals surface area contributed by atoms with E-state index in [1.165, 1.54) is 0 Å². The molecule has 0 unspecified atom stereocenters. The van der Waals surface area contributed by atoms with Gasteiger partial charge in [0, 0.05) is 12.1 Å². The fourth-order valence-electron chi connectivity index (χ4n) is 2.77. The van der Waals surface area contributed by atoms with E-state index in [0.29, 0.717) is 31.0 Å². The monoisotopic (exact) mass is 377 g/mol. The quantitative estimate of drug-likeness (QED) is 0.508. The van der Waals surface area contributed by atoms with Crippen molar-refractivity contribution in [3.8, 4) is 11.5 Å². The smallest absolute Gasteiger partial charge is 0.254 e. The van der Waals surface area contributed by atoms with Gasteiger partial charge in [0.2, 0.25) is 0 Å². The van der Waals surface area contributed by atoms with Crippen molar-refractivity contribution < 1.29 is 18.7 Å². The van der Waals surface area contributed by atoms with Gasteiger partial charge in [-0.15, -0.1) is 0 Å². The van der Waals surface area contributed by atoms with E-state index in [-0.39, 0.29) is 5.91 Å². The van der Waals surface area contributed by atoms with Crippen LogP contribution in [0.3, 0.4) is 0 Å². The summed E-state index contributed by atoms with van der Waals surface area (Å²) in [7, 11) is 1.63. The van der Waals surface area contributed by atoms with Crippen LogP contribution in [0.2, 0.25) is 0 Å². The number of ether oxygens (including phenoxy) is 2. The Labute approximate surface area is 164 Å². The molecule has 2 aromatic carbocycles. The number of furan rings is 1. The Morgan fingerprint density at radius 3 is 2.36 bits per heavy atom. The first-order chi connectivity index (χ1) is 13.7. The summed E-state index contributed by atoms with van der Waals surface area (Å²) >= 11 is 0. The lowest BCUT2D eigenvalue weighted by Gasteiger charge is -2.22. The van der Waals surface area contributed by atoms with Crippen LogP contribution in [0.25, 0.3) is 0 Å². The molecule has 1 aromatic heterocycles. The molecule has 3 rings (SSSR count). The average molecular weight is 377 g/mol. The third-order valence-electron chi connectivity index (χ3n) is 4.22. The SMILES string of the molecule is C=CCOc1ccc(C(=O)N(Cc2ccc(OC)cc2)Cc2ccco2)cc1. The van der Waals surface area contributed by atoms with Gasteiger partial charge in [-0.3, -0.25) is 4.79 Å². The minimum absolute atomic E-state index is 0.0810. The molecule has 5 heteroatoms. The summed E-state index contributed by atoms with van der Waals surface area (Å²) in [6.45, 7) is 4.89. The molecule has 0 bridgehead atoms. The summed E-state index contributed by atoms with van der Waals surface area (Å²) in [6.07, 6.45) is 3.29. The number of nitrogens with zero attached hydrogens (tertiary/aromatic N) is 1. The van der Waals surface area contributed by atoms with Gasteiger partial charge in [0.05, 0.1) is 19.9 Å². The van der Waals surface area contributed by atoms with Crippen molar-refractivity contribution in [3.63, 3.8) is 0 Å². The number of hydrogen-bond acceptors (Lipinski definition) is 4. The Bertz CT molecular complexity index is 883. The van der Waals surface area contributed by atoms with Crippen molar-refractivity contribution >= 4 is 5.91 Å². The molecule has 0 saturated carbocycles. The van der Waals surface area contributed by atoms with E-state index in [1.54, 1.807) is 48.6 Å². The van der Waals surface area contributed by atoms with Crippen LogP contribution in [0, 0.1) is 0 Å². The second-order valence-electron chi connectivity index (χ2n) is 6.21. The van der Waals surface area contributed by atoms with Crippen molar-refractivity contribution in [2.75, 3.05) is 13.7 Å². The van der Waals surface area contributed by atoms with E-state index in [4.69, 9.17) is 13.9 Å². The maximum Gasteiger partial charge on any atom is 0.254 e.